The SMILES string of the molecule is CCN(CC)c1ccc(/C=N\NC(=O)c2cccc(Cn3cccn3)c2)cc1. The molecule has 0 aliphatic carbocycles. The molecule has 0 aliphatic rings. The molecule has 1 aromatic heterocycles. The highest BCUT2D eigenvalue weighted by Gasteiger charge is 2.06. The number of carbonyl (C=O) groups is 1. The number of rotatable bonds is 8. The van der Waals surface area contributed by atoms with Crippen LogP contribution >= 0.6 is 0 Å². The number of nitrogens with one attached hydrogen (secondary N) is 1. The third-order valence-electron chi connectivity index (χ3n) is 4.49. The number of benzene rings is 2. The van der Waals surface area contributed by atoms with Crippen LogP contribution < -0.4 is 10.3 Å². The van der Waals surface area contributed by atoms with Gasteiger partial charge in [0.25, 0.3) is 5.91 Å². The van der Waals surface area contributed by atoms with E-state index >= 15 is 0 Å². The van der Waals surface area contributed by atoms with Gasteiger partial charge < -0.3 is 4.90 Å². The van der Waals surface area contributed by atoms with Crippen LogP contribution in [-0.4, -0.2) is 35.0 Å². The molecule has 1 amide bonds. The Morgan fingerprint density at radius 3 is 2.61 bits per heavy atom. The quantitative estimate of drug-likeness (QED) is 0.484. The second-order valence-electron chi connectivity index (χ2n) is 6.37. The lowest BCUT2D eigenvalue weighted by Crippen LogP contribution is -2.21. The molecule has 28 heavy (non-hydrogen) atoms. The average Bonchev–Trinajstić information content (AvgIpc) is 3.23. The summed E-state index contributed by atoms with van der Waals surface area (Å²) in [7, 11) is 0. The molecule has 0 saturated carbocycles. The summed E-state index contributed by atoms with van der Waals surface area (Å²) in [6.45, 7) is 6.84. The number of aromatic nitrogens is 2. The normalized spacial score (nSPS) is 10.9. The van der Waals surface area contributed by atoms with E-state index in [1.807, 2.05) is 47.3 Å². The Morgan fingerprint density at radius 1 is 1.14 bits per heavy atom. The maximum atomic E-state index is 12.4. The van der Waals surface area contributed by atoms with Gasteiger partial charge in [-0.3, -0.25) is 9.48 Å². The minimum atomic E-state index is -0.238. The summed E-state index contributed by atoms with van der Waals surface area (Å²) >= 11 is 0. The fraction of sp³-hybridized carbons (Fsp3) is 0.227. The fourth-order valence-electron chi connectivity index (χ4n) is 2.98. The largest absolute Gasteiger partial charge is 0.372 e. The first kappa shape index (κ1) is 19.4. The molecule has 0 aliphatic heterocycles. The van der Waals surface area contributed by atoms with E-state index in [-0.39, 0.29) is 5.91 Å². The van der Waals surface area contributed by atoms with Gasteiger partial charge in [0.05, 0.1) is 12.8 Å². The summed E-state index contributed by atoms with van der Waals surface area (Å²) in [6.07, 6.45) is 5.28. The number of amides is 1. The van der Waals surface area contributed by atoms with E-state index in [1.54, 1.807) is 18.5 Å². The number of hydrogen-bond donors (Lipinski definition) is 1. The lowest BCUT2D eigenvalue weighted by molar-refractivity contribution is 0.0955. The average molecular weight is 375 g/mol. The molecule has 0 radical (unpaired) electrons. The van der Waals surface area contributed by atoms with Gasteiger partial charge in [-0.15, -0.1) is 0 Å². The molecule has 0 bridgehead atoms. The molecule has 2 aromatic carbocycles. The van der Waals surface area contributed by atoms with Crippen LogP contribution in [0.1, 0.15) is 35.3 Å². The zero-order chi connectivity index (χ0) is 19.8. The van der Waals surface area contributed by atoms with Crippen LogP contribution in [0.4, 0.5) is 5.69 Å². The summed E-state index contributed by atoms with van der Waals surface area (Å²) in [6, 6.07) is 17.5. The van der Waals surface area contributed by atoms with Crippen molar-refractivity contribution in [2.75, 3.05) is 18.0 Å². The van der Waals surface area contributed by atoms with Crippen molar-refractivity contribution in [2.24, 2.45) is 5.10 Å². The highest BCUT2D eigenvalue weighted by atomic mass is 16.2. The van der Waals surface area contributed by atoms with Crippen LogP contribution in [0.3, 0.4) is 0 Å². The van der Waals surface area contributed by atoms with E-state index in [4.69, 9.17) is 0 Å². The van der Waals surface area contributed by atoms with E-state index in [0.29, 0.717) is 12.1 Å². The highest BCUT2D eigenvalue weighted by Crippen LogP contribution is 2.14. The molecular weight excluding hydrogens is 350 g/mol. The molecule has 6 nitrogen and oxygen atoms in total. The Morgan fingerprint density at radius 2 is 1.93 bits per heavy atom. The molecule has 6 heteroatoms. The zero-order valence-electron chi connectivity index (χ0n) is 16.2. The molecule has 0 spiro atoms. The Kier molecular flexibility index (Phi) is 6.57. The van der Waals surface area contributed by atoms with Crippen molar-refractivity contribution in [3.05, 3.63) is 83.7 Å². The summed E-state index contributed by atoms with van der Waals surface area (Å²) < 4.78 is 1.82. The number of anilines is 1. The maximum Gasteiger partial charge on any atom is 0.271 e. The van der Waals surface area contributed by atoms with Crippen LogP contribution in [0.25, 0.3) is 0 Å². The van der Waals surface area contributed by atoms with Crippen LogP contribution in [0.2, 0.25) is 0 Å². The van der Waals surface area contributed by atoms with Gasteiger partial charge in [0.15, 0.2) is 0 Å². The van der Waals surface area contributed by atoms with E-state index in [1.165, 1.54) is 5.69 Å². The monoisotopic (exact) mass is 375 g/mol. The summed E-state index contributed by atoms with van der Waals surface area (Å²) in [5.41, 5.74) is 6.28. The van der Waals surface area contributed by atoms with Crippen LogP contribution in [0.5, 0.6) is 0 Å². The first-order chi connectivity index (χ1) is 13.7. The van der Waals surface area contributed by atoms with Crippen molar-refractivity contribution in [2.45, 2.75) is 20.4 Å². The number of nitrogens with zero attached hydrogens (tertiary/aromatic N) is 4. The Balaban J connectivity index is 1.59. The van der Waals surface area contributed by atoms with Gasteiger partial charge >= 0.3 is 0 Å². The van der Waals surface area contributed by atoms with Gasteiger partial charge in [0, 0.05) is 36.7 Å². The third kappa shape index (κ3) is 5.07. The molecule has 0 atom stereocenters. The topological polar surface area (TPSA) is 62.5 Å². The number of carbonyl (C=O) groups excluding carboxylic acids is 1. The Hall–Kier alpha value is -3.41. The first-order valence-corrected chi connectivity index (χ1v) is 9.44. The molecule has 0 unspecified atom stereocenters. The Bertz CT molecular complexity index is 912. The summed E-state index contributed by atoms with van der Waals surface area (Å²) in [5.74, 6) is -0.238. The molecule has 0 fully saturated rings. The van der Waals surface area contributed by atoms with E-state index in [0.717, 1.165) is 24.2 Å². The second-order valence-corrected chi connectivity index (χ2v) is 6.37. The van der Waals surface area contributed by atoms with Crippen molar-refractivity contribution in [1.29, 1.82) is 0 Å². The Labute approximate surface area is 165 Å². The van der Waals surface area contributed by atoms with Gasteiger partial charge in [-0.2, -0.15) is 10.2 Å². The molecule has 3 rings (SSSR count). The molecule has 0 saturated heterocycles. The lowest BCUT2D eigenvalue weighted by atomic mass is 10.1. The first-order valence-electron chi connectivity index (χ1n) is 9.44. The highest BCUT2D eigenvalue weighted by molar-refractivity contribution is 5.95. The van der Waals surface area contributed by atoms with Gasteiger partial charge in [-0.25, -0.2) is 5.43 Å². The van der Waals surface area contributed by atoms with Crippen LogP contribution in [0.15, 0.2) is 72.1 Å². The number of hydrazone groups is 1. The van der Waals surface area contributed by atoms with E-state index in [9.17, 15) is 4.79 Å². The molecule has 3 aromatic rings. The lowest BCUT2D eigenvalue weighted by Gasteiger charge is -2.20. The minimum Gasteiger partial charge on any atom is -0.372 e. The predicted molar refractivity (Wildman–Crippen MR) is 113 cm³/mol. The number of hydrogen-bond acceptors (Lipinski definition) is 4. The molecule has 144 valence electrons. The summed E-state index contributed by atoms with van der Waals surface area (Å²) in [4.78, 5) is 14.6. The van der Waals surface area contributed by atoms with Crippen LogP contribution in [0, 0.1) is 0 Å². The minimum absolute atomic E-state index is 0.238. The van der Waals surface area contributed by atoms with Gasteiger partial charge in [-0.1, -0.05) is 24.3 Å². The second kappa shape index (κ2) is 9.50. The van der Waals surface area contributed by atoms with Crippen molar-refractivity contribution in [1.82, 2.24) is 15.2 Å². The predicted octanol–water partition coefficient (Wildman–Crippen LogP) is 3.54. The van der Waals surface area contributed by atoms with Crippen molar-refractivity contribution in [3.63, 3.8) is 0 Å². The van der Waals surface area contributed by atoms with Gasteiger partial charge in [0.1, 0.15) is 0 Å². The smallest absolute Gasteiger partial charge is 0.271 e. The fourth-order valence-corrected chi connectivity index (χ4v) is 2.98. The van der Waals surface area contributed by atoms with E-state index in [2.05, 4.69) is 46.5 Å². The molecule has 1 N–H and O–H groups in total. The van der Waals surface area contributed by atoms with Crippen LogP contribution in [-0.2, 0) is 6.54 Å². The van der Waals surface area contributed by atoms with Crippen molar-refractivity contribution < 1.29 is 4.79 Å². The third-order valence-corrected chi connectivity index (χ3v) is 4.49. The summed E-state index contributed by atoms with van der Waals surface area (Å²) in [5, 5.41) is 8.27. The molecule has 1 heterocycles. The molecular formula is C22H25N5O. The standard InChI is InChI=1S/C22H25N5O/c1-3-26(4-2)21-11-9-18(10-12-21)16-23-25-22(28)20-8-5-7-19(15-20)17-27-14-6-13-24-27/h5-16H,3-4,17H2,1-2H3,(H,25,28)/b23-16-. The van der Waals surface area contributed by atoms with E-state index < -0.39 is 0 Å². The van der Waals surface area contributed by atoms with Crippen molar-refractivity contribution >= 4 is 17.8 Å². The van der Waals surface area contributed by atoms with Crippen molar-refractivity contribution in [3.8, 4) is 0 Å². The van der Waals surface area contributed by atoms with Gasteiger partial charge in [0.2, 0.25) is 0 Å². The maximum absolute atomic E-state index is 12.4. The zero-order valence-corrected chi connectivity index (χ0v) is 16.2. The van der Waals surface area contributed by atoms with Gasteiger partial charge in [-0.05, 0) is 55.3 Å².